The Kier molecular flexibility index (Phi) is 6.84. The number of morpholine rings is 1. The lowest BCUT2D eigenvalue weighted by Crippen LogP contribution is -2.57. The molecule has 0 bridgehead atoms. The standard InChI is InChI=1S/C22H28F4N2O5/c1-20(2,3)33-18(29)27-9-10-32-13-15(27)12-28(19(30)31-4)21(7-8-21)14-5-6-17(23)16(11-14)22(24,25)26/h5-6,11,15H,7-10,12-13H2,1-4H3/t15-/m1/s1. The van der Waals surface area contributed by atoms with Gasteiger partial charge in [0, 0.05) is 13.1 Å². The molecule has 1 aromatic carbocycles. The van der Waals surface area contributed by atoms with E-state index in [1.807, 2.05) is 0 Å². The Bertz CT molecular complexity index is 896. The van der Waals surface area contributed by atoms with Crippen LogP contribution in [-0.4, -0.2) is 67.0 Å². The molecule has 1 heterocycles. The van der Waals surface area contributed by atoms with Crippen LogP contribution in [0.3, 0.4) is 0 Å². The van der Waals surface area contributed by atoms with Crippen molar-refractivity contribution in [3.63, 3.8) is 0 Å². The van der Waals surface area contributed by atoms with Gasteiger partial charge in [0.2, 0.25) is 0 Å². The number of methoxy groups -OCH3 is 1. The fourth-order valence-corrected chi connectivity index (χ4v) is 3.98. The molecular formula is C22H28F4N2O5. The van der Waals surface area contributed by atoms with E-state index in [0.29, 0.717) is 12.8 Å². The van der Waals surface area contributed by atoms with Crippen LogP contribution in [-0.2, 0) is 25.9 Å². The van der Waals surface area contributed by atoms with Crippen LogP contribution in [0.5, 0.6) is 0 Å². The molecule has 1 saturated heterocycles. The largest absolute Gasteiger partial charge is 0.453 e. The molecule has 2 fully saturated rings. The maximum atomic E-state index is 13.8. The number of carbonyl (C=O) groups is 2. The van der Waals surface area contributed by atoms with Crippen LogP contribution in [0.2, 0.25) is 0 Å². The summed E-state index contributed by atoms with van der Waals surface area (Å²) in [5.41, 5.74) is -3.07. The molecule has 1 aliphatic heterocycles. The molecule has 7 nitrogen and oxygen atoms in total. The number of amides is 2. The Morgan fingerprint density at radius 2 is 1.91 bits per heavy atom. The van der Waals surface area contributed by atoms with Gasteiger partial charge in [-0.05, 0) is 51.3 Å². The Morgan fingerprint density at radius 1 is 1.24 bits per heavy atom. The van der Waals surface area contributed by atoms with Crippen molar-refractivity contribution in [1.82, 2.24) is 9.80 Å². The van der Waals surface area contributed by atoms with Crippen molar-refractivity contribution < 1.29 is 41.4 Å². The fraction of sp³-hybridized carbons (Fsp3) is 0.636. The second-order valence-corrected chi connectivity index (χ2v) is 9.21. The zero-order chi connectivity index (χ0) is 24.6. The highest BCUT2D eigenvalue weighted by Crippen LogP contribution is 2.52. The average molecular weight is 476 g/mol. The van der Waals surface area contributed by atoms with E-state index in [4.69, 9.17) is 14.2 Å². The molecule has 1 saturated carbocycles. The van der Waals surface area contributed by atoms with Gasteiger partial charge in [-0.1, -0.05) is 6.07 Å². The molecular weight excluding hydrogens is 448 g/mol. The summed E-state index contributed by atoms with van der Waals surface area (Å²) < 4.78 is 69.6. The predicted octanol–water partition coefficient (Wildman–Crippen LogP) is 4.54. The molecule has 3 rings (SSSR count). The highest BCUT2D eigenvalue weighted by atomic mass is 19.4. The third-order valence-corrected chi connectivity index (χ3v) is 5.69. The van der Waals surface area contributed by atoms with Gasteiger partial charge in [-0.15, -0.1) is 0 Å². The predicted molar refractivity (Wildman–Crippen MR) is 109 cm³/mol. The van der Waals surface area contributed by atoms with E-state index in [1.54, 1.807) is 20.8 Å². The number of hydrogen-bond acceptors (Lipinski definition) is 5. The molecule has 0 N–H and O–H groups in total. The molecule has 2 amide bonds. The minimum atomic E-state index is -4.88. The van der Waals surface area contributed by atoms with Gasteiger partial charge in [-0.25, -0.2) is 14.0 Å². The monoisotopic (exact) mass is 476 g/mol. The first-order chi connectivity index (χ1) is 15.3. The number of halogens is 4. The zero-order valence-electron chi connectivity index (χ0n) is 19.0. The lowest BCUT2D eigenvalue weighted by Gasteiger charge is -2.41. The third kappa shape index (κ3) is 5.51. The Balaban J connectivity index is 1.91. The van der Waals surface area contributed by atoms with E-state index in [0.717, 1.165) is 12.1 Å². The van der Waals surface area contributed by atoms with Crippen molar-refractivity contribution in [2.24, 2.45) is 0 Å². The molecule has 184 valence electrons. The van der Waals surface area contributed by atoms with E-state index in [9.17, 15) is 27.2 Å². The number of ether oxygens (including phenoxy) is 3. The third-order valence-electron chi connectivity index (χ3n) is 5.69. The normalized spacial score (nSPS) is 20.2. The summed E-state index contributed by atoms with van der Waals surface area (Å²) in [6, 6.07) is 2.13. The first-order valence-corrected chi connectivity index (χ1v) is 10.6. The fourth-order valence-electron chi connectivity index (χ4n) is 3.98. The van der Waals surface area contributed by atoms with Gasteiger partial charge in [0.25, 0.3) is 0 Å². The van der Waals surface area contributed by atoms with Crippen LogP contribution in [0.25, 0.3) is 0 Å². The molecule has 0 aromatic heterocycles. The van der Waals surface area contributed by atoms with Crippen LogP contribution < -0.4 is 0 Å². The van der Waals surface area contributed by atoms with E-state index in [-0.39, 0.29) is 31.9 Å². The number of hydrogen-bond donors (Lipinski definition) is 0. The van der Waals surface area contributed by atoms with Crippen LogP contribution >= 0.6 is 0 Å². The van der Waals surface area contributed by atoms with Crippen molar-refractivity contribution in [3.05, 3.63) is 35.1 Å². The van der Waals surface area contributed by atoms with Crippen molar-refractivity contribution in [2.75, 3.05) is 33.4 Å². The summed E-state index contributed by atoms with van der Waals surface area (Å²) in [6.07, 6.45) is -5.49. The second kappa shape index (κ2) is 9.00. The summed E-state index contributed by atoms with van der Waals surface area (Å²) in [7, 11) is 1.17. The zero-order valence-corrected chi connectivity index (χ0v) is 19.0. The van der Waals surface area contributed by atoms with Gasteiger partial charge < -0.3 is 14.2 Å². The number of rotatable bonds is 4. The van der Waals surface area contributed by atoms with E-state index in [1.165, 1.54) is 23.0 Å². The molecule has 33 heavy (non-hydrogen) atoms. The number of nitrogens with zero attached hydrogens (tertiary/aromatic N) is 2. The lowest BCUT2D eigenvalue weighted by molar-refractivity contribution is -0.140. The minimum Gasteiger partial charge on any atom is -0.453 e. The summed E-state index contributed by atoms with van der Waals surface area (Å²) in [5.74, 6) is -1.39. The molecule has 0 unspecified atom stereocenters. The van der Waals surface area contributed by atoms with Gasteiger partial charge in [0.05, 0.1) is 37.5 Å². The van der Waals surface area contributed by atoms with Crippen molar-refractivity contribution >= 4 is 12.2 Å². The number of benzene rings is 1. The average Bonchev–Trinajstić information content (AvgIpc) is 3.51. The number of carbonyl (C=O) groups excluding carboxylic acids is 2. The smallest absolute Gasteiger partial charge is 0.419 e. The Morgan fingerprint density at radius 3 is 2.45 bits per heavy atom. The summed E-state index contributed by atoms with van der Waals surface area (Å²) in [6.45, 7) is 5.76. The van der Waals surface area contributed by atoms with Crippen molar-refractivity contribution in [2.45, 2.75) is 57.0 Å². The topological polar surface area (TPSA) is 68.3 Å². The molecule has 1 aromatic rings. The Labute approximate surface area is 189 Å². The Hall–Kier alpha value is -2.56. The van der Waals surface area contributed by atoms with Crippen LogP contribution in [0.15, 0.2) is 18.2 Å². The van der Waals surface area contributed by atoms with Crippen LogP contribution in [0.1, 0.15) is 44.7 Å². The SMILES string of the molecule is COC(=O)N(C[C@@H]1COCCN1C(=O)OC(C)(C)C)C1(c2ccc(F)c(C(F)(F)F)c2)CC1. The lowest BCUT2D eigenvalue weighted by atomic mass is 9.99. The highest BCUT2D eigenvalue weighted by molar-refractivity contribution is 5.71. The van der Waals surface area contributed by atoms with Crippen LogP contribution in [0.4, 0.5) is 27.2 Å². The van der Waals surface area contributed by atoms with Gasteiger partial charge in [-0.2, -0.15) is 13.2 Å². The van der Waals surface area contributed by atoms with Crippen LogP contribution in [0, 0.1) is 5.82 Å². The molecule has 11 heteroatoms. The van der Waals surface area contributed by atoms with E-state index in [2.05, 4.69) is 0 Å². The number of alkyl halides is 3. The van der Waals surface area contributed by atoms with Gasteiger partial charge in [0.1, 0.15) is 11.4 Å². The van der Waals surface area contributed by atoms with E-state index >= 15 is 0 Å². The van der Waals surface area contributed by atoms with Gasteiger partial charge in [-0.3, -0.25) is 9.80 Å². The molecule has 1 atom stereocenters. The van der Waals surface area contributed by atoms with Gasteiger partial charge in [0.15, 0.2) is 0 Å². The second-order valence-electron chi connectivity index (χ2n) is 9.21. The maximum Gasteiger partial charge on any atom is 0.419 e. The van der Waals surface area contributed by atoms with Gasteiger partial charge >= 0.3 is 18.4 Å². The summed E-state index contributed by atoms with van der Waals surface area (Å²) in [5, 5.41) is 0. The van der Waals surface area contributed by atoms with Crippen molar-refractivity contribution in [3.8, 4) is 0 Å². The van der Waals surface area contributed by atoms with E-state index < -0.39 is 46.9 Å². The summed E-state index contributed by atoms with van der Waals surface area (Å²) >= 11 is 0. The van der Waals surface area contributed by atoms with Crippen molar-refractivity contribution in [1.29, 1.82) is 0 Å². The quantitative estimate of drug-likeness (QED) is 0.597. The summed E-state index contributed by atoms with van der Waals surface area (Å²) in [4.78, 5) is 28.2. The minimum absolute atomic E-state index is 0.0509. The first-order valence-electron chi connectivity index (χ1n) is 10.6. The molecule has 2 aliphatic rings. The first kappa shape index (κ1) is 25.1. The molecule has 1 aliphatic carbocycles. The molecule has 0 spiro atoms. The highest BCUT2D eigenvalue weighted by Gasteiger charge is 2.54. The molecule has 0 radical (unpaired) electrons. The maximum absolute atomic E-state index is 13.8.